The SMILES string of the molecule is CCc1nn(CC)c(CNCCN2CCCC2)c1Br. The molecule has 2 rings (SSSR count). The Morgan fingerprint density at radius 3 is 2.63 bits per heavy atom. The van der Waals surface area contributed by atoms with E-state index in [2.05, 4.69) is 49.8 Å². The average molecular weight is 329 g/mol. The lowest BCUT2D eigenvalue weighted by Crippen LogP contribution is -2.30. The Kier molecular flexibility index (Phi) is 5.85. The summed E-state index contributed by atoms with van der Waals surface area (Å²) in [5, 5.41) is 8.17. The zero-order valence-corrected chi connectivity index (χ0v) is 13.7. The van der Waals surface area contributed by atoms with Crippen LogP contribution in [0.25, 0.3) is 0 Å². The Labute approximate surface area is 124 Å². The van der Waals surface area contributed by atoms with E-state index in [1.54, 1.807) is 0 Å². The molecule has 108 valence electrons. The van der Waals surface area contributed by atoms with E-state index in [4.69, 9.17) is 0 Å². The Morgan fingerprint density at radius 2 is 2.00 bits per heavy atom. The van der Waals surface area contributed by atoms with Gasteiger partial charge in [-0.3, -0.25) is 4.68 Å². The first-order chi connectivity index (χ1) is 9.26. The van der Waals surface area contributed by atoms with Crippen molar-refractivity contribution < 1.29 is 0 Å². The van der Waals surface area contributed by atoms with Gasteiger partial charge in [0.2, 0.25) is 0 Å². The fraction of sp³-hybridized carbons (Fsp3) is 0.786. The number of likely N-dealkylation sites (tertiary alicyclic amines) is 1. The molecule has 0 unspecified atom stereocenters. The number of nitrogens with one attached hydrogen (secondary N) is 1. The molecule has 0 aliphatic carbocycles. The minimum absolute atomic E-state index is 0.898. The maximum Gasteiger partial charge on any atom is 0.0767 e. The largest absolute Gasteiger partial charge is 0.310 e. The van der Waals surface area contributed by atoms with Crippen LogP contribution in [0.15, 0.2) is 4.47 Å². The molecule has 2 heterocycles. The van der Waals surface area contributed by atoms with Crippen molar-refractivity contribution in [3.8, 4) is 0 Å². The third kappa shape index (κ3) is 3.80. The van der Waals surface area contributed by atoms with Gasteiger partial charge in [-0.1, -0.05) is 6.92 Å². The van der Waals surface area contributed by atoms with Gasteiger partial charge in [0.1, 0.15) is 0 Å². The second-order valence-electron chi connectivity index (χ2n) is 5.10. The van der Waals surface area contributed by atoms with E-state index < -0.39 is 0 Å². The van der Waals surface area contributed by atoms with Gasteiger partial charge in [0.05, 0.1) is 15.9 Å². The van der Waals surface area contributed by atoms with Crippen LogP contribution in [-0.2, 0) is 19.5 Å². The predicted molar refractivity (Wildman–Crippen MR) is 82.4 cm³/mol. The summed E-state index contributed by atoms with van der Waals surface area (Å²) in [7, 11) is 0. The second kappa shape index (κ2) is 7.41. The maximum absolute atomic E-state index is 4.62. The van der Waals surface area contributed by atoms with Gasteiger partial charge in [0, 0.05) is 26.2 Å². The van der Waals surface area contributed by atoms with Crippen molar-refractivity contribution in [2.45, 2.75) is 46.2 Å². The second-order valence-corrected chi connectivity index (χ2v) is 5.90. The molecule has 0 radical (unpaired) electrons. The normalized spacial score (nSPS) is 16.4. The summed E-state index contributed by atoms with van der Waals surface area (Å²) in [6, 6.07) is 0. The van der Waals surface area contributed by atoms with Gasteiger partial charge in [0.25, 0.3) is 0 Å². The van der Waals surface area contributed by atoms with E-state index in [9.17, 15) is 0 Å². The molecule has 4 nitrogen and oxygen atoms in total. The van der Waals surface area contributed by atoms with Crippen LogP contribution < -0.4 is 5.32 Å². The van der Waals surface area contributed by atoms with Gasteiger partial charge < -0.3 is 10.2 Å². The Hall–Kier alpha value is -0.390. The van der Waals surface area contributed by atoms with Crippen molar-refractivity contribution in [3.63, 3.8) is 0 Å². The lowest BCUT2D eigenvalue weighted by molar-refractivity contribution is 0.334. The number of hydrogen-bond acceptors (Lipinski definition) is 3. The molecule has 5 heteroatoms. The van der Waals surface area contributed by atoms with Crippen molar-refractivity contribution in [3.05, 3.63) is 15.9 Å². The van der Waals surface area contributed by atoms with Crippen molar-refractivity contribution in [2.24, 2.45) is 0 Å². The van der Waals surface area contributed by atoms with E-state index in [-0.39, 0.29) is 0 Å². The molecule has 0 atom stereocenters. The zero-order valence-electron chi connectivity index (χ0n) is 12.1. The predicted octanol–water partition coefficient (Wildman–Crippen LogP) is 2.41. The molecule has 1 aromatic heterocycles. The fourth-order valence-electron chi connectivity index (χ4n) is 2.64. The Morgan fingerprint density at radius 1 is 1.26 bits per heavy atom. The molecule has 0 aromatic carbocycles. The van der Waals surface area contributed by atoms with Crippen LogP contribution in [0.1, 0.15) is 38.1 Å². The number of aryl methyl sites for hydroxylation is 2. The molecule has 1 saturated heterocycles. The monoisotopic (exact) mass is 328 g/mol. The molecule has 1 aliphatic rings. The van der Waals surface area contributed by atoms with Crippen LogP contribution in [0.5, 0.6) is 0 Å². The number of rotatable bonds is 7. The van der Waals surface area contributed by atoms with Crippen molar-refractivity contribution >= 4 is 15.9 Å². The Balaban J connectivity index is 1.82. The van der Waals surface area contributed by atoms with Gasteiger partial charge in [0.15, 0.2) is 0 Å². The summed E-state index contributed by atoms with van der Waals surface area (Å²) in [6.45, 7) is 10.9. The van der Waals surface area contributed by atoms with Crippen LogP contribution in [0.2, 0.25) is 0 Å². The standard InChI is InChI=1S/C14H25BrN4/c1-3-12-14(15)13(19(4-2)17-12)11-16-7-10-18-8-5-6-9-18/h16H,3-11H2,1-2H3. The topological polar surface area (TPSA) is 33.1 Å². The maximum atomic E-state index is 4.62. The molecular formula is C14H25BrN4. The highest BCUT2D eigenvalue weighted by atomic mass is 79.9. The van der Waals surface area contributed by atoms with Crippen molar-refractivity contribution in [2.75, 3.05) is 26.2 Å². The highest BCUT2D eigenvalue weighted by Crippen LogP contribution is 2.22. The summed E-state index contributed by atoms with van der Waals surface area (Å²) in [5.41, 5.74) is 2.44. The van der Waals surface area contributed by atoms with E-state index in [0.717, 1.165) is 31.7 Å². The molecule has 0 bridgehead atoms. The van der Waals surface area contributed by atoms with Crippen molar-refractivity contribution in [1.29, 1.82) is 0 Å². The molecular weight excluding hydrogens is 304 g/mol. The van der Waals surface area contributed by atoms with Crippen LogP contribution >= 0.6 is 15.9 Å². The zero-order chi connectivity index (χ0) is 13.7. The third-order valence-corrected chi connectivity index (χ3v) is 4.71. The third-order valence-electron chi connectivity index (χ3n) is 3.79. The quantitative estimate of drug-likeness (QED) is 0.780. The van der Waals surface area contributed by atoms with Gasteiger partial charge in [-0.05, 0) is 55.2 Å². The summed E-state index contributed by atoms with van der Waals surface area (Å²) in [5.74, 6) is 0. The van der Waals surface area contributed by atoms with Gasteiger partial charge in [-0.15, -0.1) is 0 Å². The van der Waals surface area contributed by atoms with Gasteiger partial charge in [-0.25, -0.2) is 0 Å². The molecule has 1 aromatic rings. The molecule has 1 N–H and O–H groups in total. The summed E-state index contributed by atoms with van der Waals surface area (Å²) in [4.78, 5) is 2.54. The van der Waals surface area contributed by atoms with Crippen LogP contribution in [0, 0.1) is 0 Å². The molecule has 0 saturated carbocycles. The number of aromatic nitrogens is 2. The minimum atomic E-state index is 0.898. The van der Waals surface area contributed by atoms with Gasteiger partial charge in [-0.2, -0.15) is 5.10 Å². The molecule has 1 aliphatic heterocycles. The minimum Gasteiger partial charge on any atom is -0.310 e. The van der Waals surface area contributed by atoms with Crippen LogP contribution in [-0.4, -0.2) is 40.9 Å². The first kappa shape index (κ1) is 15.0. The van der Waals surface area contributed by atoms with Crippen molar-refractivity contribution in [1.82, 2.24) is 20.0 Å². The lowest BCUT2D eigenvalue weighted by Gasteiger charge is -2.15. The first-order valence-electron chi connectivity index (χ1n) is 7.43. The highest BCUT2D eigenvalue weighted by Gasteiger charge is 2.14. The molecule has 0 spiro atoms. The van der Waals surface area contributed by atoms with E-state index in [0.29, 0.717) is 0 Å². The molecule has 0 amide bonds. The van der Waals surface area contributed by atoms with E-state index in [1.165, 1.54) is 42.6 Å². The van der Waals surface area contributed by atoms with Gasteiger partial charge >= 0.3 is 0 Å². The van der Waals surface area contributed by atoms with E-state index in [1.807, 2.05) is 0 Å². The average Bonchev–Trinajstić information content (AvgIpc) is 3.03. The summed E-state index contributed by atoms with van der Waals surface area (Å²) >= 11 is 3.69. The lowest BCUT2D eigenvalue weighted by atomic mass is 10.3. The first-order valence-corrected chi connectivity index (χ1v) is 8.22. The Bertz CT molecular complexity index is 396. The smallest absolute Gasteiger partial charge is 0.0767 e. The number of nitrogens with zero attached hydrogens (tertiary/aromatic N) is 3. The van der Waals surface area contributed by atoms with Crippen LogP contribution in [0.4, 0.5) is 0 Å². The van der Waals surface area contributed by atoms with Crippen LogP contribution in [0.3, 0.4) is 0 Å². The van der Waals surface area contributed by atoms with E-state index >= 15 is 0 Å². The fourth-order valence-corrected chi connectivity index (χ4v) is 3.34. The summed E-state index contributed by atoms with van der Waals surface area (Å²) < 4.78 is 3.29. The summed E-state index contributed by atoms with van der Waals surface area (Å²) in [6.07, 6.45) is 3.72. The highest BCUT2D eigenvalue weighted by molar-refractivity contribution is 9.10. The number of hydrogen-bond donors (Lipinski definition) is 1. The molecule has 1 fully saturated rings. The molecule has 19 heavy (non-hydrogen) atoms. The number of halogens is 1.